The Morgan fingerprint density at radius 3 is 2.57 bits per heavy atom. The number of nitrogens with zero attached hydrogens (tertiary/aromatic N) is 1. The second-order valence-corrected chi connectivity index (χ2v) is 9.99. The number of rotatable bonds is 5. The summed E-state index contributed by atoms with van der Waals surface area (Å²) in [5, 5.41) is 3.35. The van der Waals surface area contributed by atoms with Gasteiger partial charge in [-0.1, -0.05) is 24.1 Å². The van der Waals surface area contributed by atoms with Crippen molar-refractivity contribution in [2.75, 3.05) is 19.0 Å². The fourth-order valence-corrected chi connectivity index (χ4v) is 5.57. The monoisotopic (exact) mass is 450 g/mol. The highest BCUT2D eigenvalue weighted by molar-refractivity contribution is 7.89. The fourth-order valence-electron chi connectivity index (χ4n) is 3.69. The van der Waals surface area contributed by atoms with Crippen LogP contribution in [0.2, 0.25) is 5.02 Å². The molecule has 6 nitrogen and oxygen atoms in total. The Balaban J connectivity index is 1.94. The number of hydrogen-bond donors (Lipinski definition) is 1. The number of sulfonamides is 1. The molecule has 3 rings (SSSR count). The summed E-state index contributed by atoms with van der Waals surface area (Å²) in [6, 6.07) is 8.00. The number of carbonyl (C=O) groups is 1. The summed E-state index contributed by atoms with van der Waals surface area (Å²) in [4.78, 5) is 13.1. The van der Waals surface area contributed by atoms with Gasteiger partial charge in [0.05, 0.1) is 17.7 Å². The highest BCUT2D eigenvalue weighted by atomic mass is 35.5. The van der Waals surface area contributed by atoms with Crippen LogP contribution in [0, 0.1) is 13.8 Å². The van der Waals surface area contributed by atoms with Gasteiger partial charge >= 0.3 is 0 Å². The molecule has 0 saturated carbocycles. The number of aryl methyl sites for hydroxylation is 2. The molecular weight excluding hydrogens is 424 g/mol. The number of benzene rings is 2. The summed E-state index contributed by atoms with van der Waals surface area (Å²) in [5.41, 5.74) is 2.25. The van der Waals surface area contributed by atoms with Crippen LogP contribution in [0.4, 0.5) is 5.69 Å². The van der Waals surface area contributed by atoms with Crippen LogP contribution in [-0.2, 0) is 10.0 Å². The largest absolute Gasteiger partial charge is 0.495 e. The summed E-state index contributed by atoms with van der Waals surface area (Å²) in [6.07, 6.45) is 2.71. The molecule has 0 radical (unpaired) electrons. The van der Waals surface area contributed by atoms with Crippen LogP contribution < -0.4 is 10.1 Å². The average Bonchev–Trinajstić information content (AvgIpc) is 2.70. The molecule has 0 aromatic heterocycles. The van der Waals surface area contributed by atoms with E-state index < -0.39 is 15.9 Å². The topological polar surface area (TPSA) is 75.7 Å². The second kappa shape index (κ2) is 8.96. The first-order valence-electron chi connectivity index (χ1n) is 9.93. The summed E-state index contributed by atoms with van der Waals surface area (Å²) < 4.78 is 33.2. The Kier molecular flexibility index (Phi) is 6.75. The van der Waals surface area contributed by atoms with Gasteiger partial charge in [-0.15, -0.1) is 0 Å². The maximum absolute atomic E-state index is 13.2. The van der Waals surface area contributed by atoms with Crippen LogP contribution in [0.5, 0.6) is 5.75 Å². The zero-order chi connectivity index (χ0) is 22.1. The quantitative estimate of drug-likeness (QED) is 0.711. The zero-order valence-corrected chi connectivity index (χ0v) is 19.2. The minimum atomic E-state index is -3.67. The Hall–Kier alpha value is -2.09. The molecule has 1 atom stereocenters. The van der Waals surface area contributed by atoms with Crippen molar-refractivity contribution in [3.63, 3.8) is 0 Å². The molecule has 30 heavy (non-hydrogen) atoms. The molecule has 1 aliphatic heterocycles. The summed E-state index contributed by atoms with van der Waals surface area (Å²) in [7, 11) is -2.18. The van der Waals surface area contributed by atoms with Gasteiger partial charge < -0.3 is 10.1 Å². The standard InChI is InChI=1S/C22H27ClN2O4S/c1-14-8-9-17(30(27,28)25-10-6-5-7-16(25)3)12-18(14)22(26)24-20-11-15(2)19(23)13-21(20)29-4/h8-9,11-13,16H,5-7,10H2,1-4H3,(H,24,26). The van der Waals surface area contributed by atoms with E-state index in [0.717, 1.165) is 24.8 Å². The van der Waals surface area contributed by atoms with Crippen molar-refractivity contribution in [2.45, 2.75) is 51.0 Å². The van der Waals surface area contributed by atoms with Crippen LogP contribution in [0.25, 0.3) is 0 Å². The van der Waals surface area contributed by atoms with Gasteiger partial charge in [0.15, 0.2) is 0 Å². The number of hydrogen-bond acceptors (Lipinski definition) is 4. The first-order valence-corrected chi connectivity index (χ1v) is 11.7. The van der Waals surface area contributed by atoms with E-state index in [2.05, 4.69) is 5.32 Å². The number of ether oxygens (including phenoxy) is 1. The Morgan fingerprint density at radius 2 is 1.90 bits per heavy atom. The molecule has 8 heteroatoms. The van der Waals surface area contributed by atoms with E-state index in [9.17, 15) is 13.2 Å². The van der Waals surface area contributed by atoms with Gasteiger partial charge in [-0.25, -0.2) is 8.42 Å². The smallest absolute Gasteiger partial charge is 0.256 e. The van der Waals surface area contributed by atoms with E-state index in [1.807, 2.05) is 13.8 Å². The van der Waals surface area contributed by atoms with E-state index in [4.69, 9.17) is 16.3 Å². The number of halogens is 1. The van der Waals surface area contributed by atoms with Gasteiger partial charge in [-0.3, -0.25) is 4.79 Å². The average molecular weight is 451 g/mol. The van der Waals surface area contributed by atoms with Crippen LogP contribution in [0.1, 0.15) is 47.7 Å². The maximum Gasteiger partial charge on any atom is 0.256 e. The molecule has 0 bridgehead atoms. The lowest BCUT2D eigenvalue weighted by atomic mass is 10.1. The minimum Gasteiger partial charge on any atom is -0.495 e. The van der Waals surface area contributed by atoms with E-state index >= 15 is 0 Å². The van der Waals surface area contributed by atoms with Crippen LogP contribution >= 0.6 is 11.6 Å². The molecule has 1 heterocycles. The van der Waals surface area contributed by atoms with Gasteiger partial charge in [-0.05, 0) is 62.9 Å². The lowest BCUT2D eigenvalue weighted by Gasteiger charge is -2.32. The lowest BCUT2D eigenvalue weighted by Crippen LogP contribution is -2.42. The number of methoxy groups -OCH3 is 1. The molecule has 1 saturated heterocycles. The van der Waals surface area contributed by atoms with Gasteiger partial charge in [0.1, 0.15) is 5.75 Å². The summed E-state index contributed by atoms with van der Waals surface area (Å²) in [6.45, 7) is 6.03. The molecule has 2 aromatic carbocycles. The number of amides is 1. The highest BCUT2D eigenvalue weighted by Crippen LogP contribution is 2.32. The minimum absolute atomic E-state index is 0.0522. The second-order valence-electron chi connectivity index (χ2n) is 7.69. The maximum atomic E-state index is 13.2. The van der Waals surface area contributed by atoms with Crippen LogP contribution in [0.15, 0.2) is 35.2 Å². The molecule has 1 amide bonds. The molecule has 1 aliphatic rings. The van der Waals surface area contributed by atoms with Crippen molar-refractivity contribution in [3.05, 3.63) is 52.0 Å². The fraction of sp³-hybridized carbons (Fsp3) is 0.409. The summed E-state index contributed by atoms with van der Waals surface area (Å²) >= 11 is 6.14. The number of piperidine rings is 1. The van der Waals surface area contributed by atoms with Crippen molar-refractivity contribution in [3.8, 4) is 5.75 Å². The first kappa shape index (κ1) is 22.6. The highest BCUT2D eigenvalue weighted by Gasteiger charge is 2.31. The molecule has 0 aliphatic carbocycles. The molecule has 1 unspecified atom stereocenters. The molecular formula is C22H27ClN2O4S. The van der Waals surface area contributed by atoms with E-state index in [1.165, 1.54) is 17.5 Å². The number of carbonyl (C=O) groups excluding carboxylic acids is 1. The van der Waals surface area contributed by atoms with Crippen molar-refractivity contribution in [1.29, 1.82) is 0 Å². The third-order valence-electron chi connectivity index (χ3n) is 5.53. The predicted molar refractivity (Wildman–Crippen MR) is 119 cm³/mol. The molecule has 162 valence electrons. The van der Waals surface area contributed by atoms with Gasteiger partial charge in [0.25, 0.3) is 5.91 Å². The lowest BCUT2D eigenvalue weighted by molar-refractivity contribution is 0.102. The zero-order valence-electron chi connectivity index (χ0n) is 17.7. The Morgan fingerprint density at radius 1 is 1.17 bits per heavy atom. The number of nitrogens with one attached hydrogen (secondary N) is 1. The third-order valence-corrected chi connectivity index (χ3v) is 7.95. The van der Waals surface area contributed by atoms with Crippen molar-refractivity contribution in [2.24, 2.45) is 0 Å². The Labute approximate surface area is 183 Å². The Bertz CT molecular complexity index is 1070. The van der Waals surface area contributed by atoms with Crippen molar-refractivity contribution < 1.29 is 17.9 Å². The molecule has 2 aromatic rings. The third kappa shape index (κ3) is 4.48. The molecule has 1 N–H and O–H groups in total. The van der Waals surface area contributed by atoms with Crippen molar-refractivity contribution in [1.82, 2.24) is 4.31 Å². The molecule has 0 spiro atoms. The van der Waals surface area contributed by atoms with E-state index in [0.29, 0.717) is 34.1 Å². The number of anilines is 1. The van der Waals surface area contributed by atoms with E-state index in [1.54, 1.807) is 31.2 Å². The normalized spacial score (nSPS) is 17.6. The van der Waals surface area contributed by atoms with E-state index in [-0.39, 0.29) is 10.9 Å². The van der Waals surface area contributed by atoms with Gasteiger partial charge in [0.2, 0.25) is 10.0 Å². The van der Waals surface area contributed by atoms with Gasteiger partial charge in [-0.2, -0.15) is 4.31 Å². The van der Waals surface area contributed by atoms with Gasteiger partial charge in [0, 0.05) is 29.2 Å². The van der Waals surface area contributed by atoms with Crippen LogP contribution in [0.3, 0.4) is 0 Å². The van der Waals surface area contributed by atoms with Crippen molar-refractivity contribution >= 4 is 33.2 Å². The first-order chi connectivity index (χ1) is 14.1. The predicted octanol–water partition coefficient (Wildman–Crippen LogP) is 4.78. The SMILES string of the molecule is COc1cc(Cl)c(C)cc1NC(=O)c1cc(S(=O)(=O)N2CCCCC2C)ccc1C. The summed E-state index contributed by atoms with van der Waals surface area (Å²) in [5.74, 6) is 0.0267. The molecule has 1 fully saturated rings. The van der Waals surface area contributed by atoms with Crippen LogP contribution in [-0.4, -0.2) is 38.3 Å².